The van der Waals surface area contributed by atoms with E-state index in [1.165, 1.54) is 0 Å². The number of nitrogens with zero attached hydrogens (tertiary/aromatic N) is 1. The number of furan rings is 1. The van der Waals surface area contributed by atoms with Crippen molar-refractivity contribution in [3.05, 3.63) is 23.7 Å². The van der Waals surface area contributed by atoms with E-state index >= 15 is 0 Å². The molecule has 0 aliphatic carbocycles. The van der Waals surface area contributed by atoms with Crippen LogP contribution in [0.25, 0.3) is 0 Å². The van der Waals surface area contributed by atoms with Crippen molar-refractivity contribution in [3.63, 3.8) is 0 Å². The highest BCUT2D eigenvalue weighted by Gasteiger charge is 2.24. The van der Waals surface area contributed by atoms with E-state index in [4.69, 9.17) is 4.42 Å². The van der Waals surface area contributed by atoms with Crippen LogP contribution >= 0.6 is 0 Å². The van der Waals surface area contributed by atoms with E-state index in [0.29, 0.717) is 17.4 Å². The summed E-state index contributed by atoms with van der Waals surface area (Å²) in [4.78, 5) is 14.0. The van der Waals surface area contributed by atoms with Gasteiger partial charge in [0, 0.05) is 13.1 Å². The standard InChI is InChI=1S/C12H18N2O2/c1-9-11(5-8-16-9)12(15)14(2)10-3-6-13-7-4-10/h5,8,10,13H,3-4,6-7H2,1-2H3. The third-order valence-electron chi connectivity index (χ3n) is 3.27. The van der Waals surface area contributed by atoms with Crippen molar-refractivity contribution in [2.75, 3.05) is 20.1 Å². The lowest BCUT2D eigenvalue weighted by atomic mass is 10.0. The van der Waals surface area contributed by atoms with Crippen LogP contribution in [0.2, 0.25) is 0 Å². The molecule has 1 aromatic rings. The first-order valence-corrected chi connectivity index (χ1v) is 5.72. The largest absolute Gasteiger partial charge is 0.469 e. The zero-order valence-corrected chi connectivity index (χ0v) is 9.82. The minimum atomic E-state index is 0.0677. The summed E-state index contributed by atoms with van der Waals surface area (Å²) in [5.74, 6) is 0.768. The molecule has 0 radical (unpaired) electrons. The van der Waals surface area contributed by atoms with Crippen LogP contribution in [0.5, 0.6) is 0 Å². The summed E-state index contributed by atoms with van der Waals surface area (Å²) in [6, 6.07) is 2.10. The number of hydrogen-bond donors (Lipinski definition) is 1. The second-order valence-electron chi connectivity index (χ2n) is 4.29. The number of piperidine rings is 1. The fourth-order valence-electron chi connectivity index (χ4n) is 2.16. The number of hydrogen-bond acceptors (Lipinski definition) is 3. The van der Waals surface area contributed by atoms with Gasteiger partial charge in [-0.2, -0.15) is 0 Å². The second kappa shape index (κ2) is 4.70. The first-order valence-electron chi connectivity index (χ1n) is 5.72. The van der Waals surface area contributed by atoms with E-state index in [2.05, 4.69) is 5.32 Å². The van der Waals surface area contributed by atoms with Crippen molar-refractivity contribution in [2.24, 2.45) is 0 Å². The van der Waals surface area contributed by atoms with Crippen LogP contribution in [-0.2, 0) is 0 Å². The third-order valence-corrected chi connectivity index (χ3v) is 3.27. The highest BCUT2D eigenvalue weighted by Crippen LogP contribution is 2.16. The minimum Gasteiger partial charge on any atom is -0.469 e. The monoisotopic (exact) mass is 222 g/mol. The molecule has 1 amide bonds. The van der Waals surface area contributed by atoms with Gasteiger partial charge in [-0.3, -0.25) is 4.79 Å². The number of carbonyl (C=O) groups excluding carboxylic acids is 1. The predicted molar refractivity (Wildman–Crippen MR) is 61.4 cm³/mol. The molecule has 1 aliphatic rings. The van der Waals surface area contributed by atoms with Gasteiger partial charge in [0.05, 0.1) is 11.8 Å². The summed E-state index contributed by atoms with van der Waals surface area (Å²) < 4.78 is 5.16. The average Bonchev–Trinajstić information content (AvgIpc) is 2.75. The van der Waals surface area contributed by atoms with Gasteiger partial charge in [-0.1, -0.05) is 0 Å². The molecule has 16 heavy (non-hydrogen) atoms. The molecule has 1 N–H and O–H groups in total. The lowest BCUT2D eigenvalue weighted by Gasteiger charge is -2.31. The topological polar surface area (TPSA) is 45.5 Å². The minimum absolute atomic E-state index is 0.0677. The summed E-state index contributed by atoms with van der Waals surface area (Å²) in [5.41, 5.74) is 0.682. The molecule has 4 heteroatoms. The van der Waals surface area contributed by atoms with Gasteiger partial charge in [0.25, 0.3) is 5.91 Å². The van der Waals surface area contributed by atoms with Gasteiger partial charge in [-0.05, 0) is 38.9 Å². The molecule has 0 spiro atoms. The van der Waals surface area contributed by atoms with Crippen molar-refractivity contribution in [1.82, 2.24) is 10.2 Å². The molecule has 0 saturated carbocycles. The molecule has 1 fully saturated rings. The third kappa shape index (κ3) is 2.11. The van der Waals surface area contributed by atoms with Crippen molar-refractivity contribution in [2.45, 2.75) is 25.8 Å². The summed E-state index contributed by atoms with van der Waals surface area (Å²) >= 11 is 0. The lowest BCUT2D eigenvalue weighted by Crippen LogP contribution is -2.44. The fraction of sp³-hybridized carbons (Fsp3) is 0.583. The van der Waals surface area contributed by atoms with Crippen LogP contribution in [0.15, 0.2) is 16.7 Å². The van der Waals surface area contributed by atoms with E-state index < -0.39 is 0 Å². The van der Waals surface area contributed by atoms with Crippen molar-refractivity contribution in [3.8, 4) is 0 Å². The molecule has 1 saturated heterocycles. The van der Waals surface area contributed by atoms with Gasteiger partial charge in [-0.25, -0.2) is 0 Å². The number of carbonyl (C=O) groups is 1. The van der Waals surface area contributed by atoms with E-state index in [1.807, 2.05) is 18.9 Å². The number of nitrogens with one attached hydrogen (secondary N) is 1. The van der Waals surface area contributed by atoms with Crippen LogP contribution in [0.1, 0.15) is 29.0 Å². The Morgan fingerprint density at radius 3 is 2.75 bits per heavy atom. The zero-order chi connectivity index (χ0) is 11.5. The van der Waals surface area contributed by atoms with Crippen molar-refractivity contribution in [1.29, 1.82) is 0 Å². The Balaban J connectivity index is 2.06. The van der Waals surface area contributed by atoms with Crippen molar-refractivity contribution < 1.29 is 9.21 Å². The molecule has 0 aromatic carbocycles. The molecule has 88 valence electrons. The van der Waals surface area contributed by atoms with Crippen LogP contribution in [0.3, 0.4) is 0 Å². The maximum atomic E-state index is 12.2. The maximum absolute atomic E-state index is 12.2. The van der Waals surface area contributed by atoms with Gasteiger partial charge in [0.2, 0.25) is 0 Å². The van der Waals surface area contributed by atoms with E-state index in [1.54, 1.807) is 12.3 Å². The zero-order valence-electron chi connectivity index (χ0n) is 9.82. The molecular weight excluding hydrogens is 204 g/mol. The predicted octanol–water partition coefficient (Wildman–Crippen LogP) is 1.41. The quantitative estimate of drug-likeness (QED) is 0.823. The summed E-state index contributed by atoms with van der Waals surface area (Å²) in [5, 5.41) is 3.30. The highest BCUT2D eigenvalue weighted by atomic mass is 16.3. The van der Waals surface area contributed by atoms with Crippen LogP contribution in [0.4, 0.5) is 0 Å². The van der Waals surface area contributed by atoms with Crippen LogP contribution in [-0.4, -0.2) is 37.0 Å². The van der Waals surface area contributed by atoms with Gasteiger partial charge in [0.1, 0.15) is 5.76 Å². The SMILES string of the molecule is Cc1occc1C(=O)N(C)C1CCNCC1. The van der Waals surface area contributed by atoms with Crippen molar-refractivity contribution >= 4 is 5.91 Å². The smallest absolute Gasteiger partial charge is 0.257 e. The average molecular weight is 222 g/mol. The number of amides is 1. The maximum Gasteiger partial charge on any atom is 0.257 e. The Labute approximate surface area is 95.6 Å². The van der Waals surface area contributed by atoms with Crippen LogP contribution < -0.4 is 5.32 Å². The Bertz CT molecular complexity index is 367. The molecule has 0 unspecified atom stereocenters. The van der Waals surface area contributed by atoms with Crippen LogP contribution in [0, 0.1) is 6.92 Å². The number of rotatable bonds is 2. The second-order valence-corrected chi connectivity index (χ2v) is 4.29. The summed E-state index contributed by atoms with van der Waals surface area (Å²) in [6.45, 7) is 3.81. The van der Waals surface area contributed by atoms with E-state index in [-0.39, 0.29) is 5.91 Å². The molecule has 0 atom stereocenters. The Morgan fingerprint density at radius 1 is 1.50 bits per heavy atom. The number of aryl methyl sites for hydroxylation is 1. The summed E-state index contributed by atoms with van der Waals surface area (Å²) in [7, 11) is 1.88. The molecule has 4 nitrogen and oxygen atoms in total. The Hall–Kier alpha value is -1.29. The molecule has 0 bridgehead atoms. The van der Waals surface area contributed by atoms with Gasteiger partial charge in [0.15, 0.2) is 0 Å². The molecule has 2 heterocycles. The van der Waals surface area contributed by atoms with Gasteiger partial charge >= 0.3 is 0 Å². The fourth-order valence-corrected chi connectivity index (χ4v) is 2.16. The van der Waals surface area contributed by atoms with Gasteiger partial charge in [-0.15, -0.1) is 0 Å². The van der Waals surface area contributed by atoms with E-state index in [0.717, 1.165) is 25.9 Å². The van der Waals surface area contributed by atoms with Gasteiger partial charge < -0.3 is 14.6 Å². The first-order chi connectivity index (χ1) is 7.70. The molecule has 1 aromatic heterocycles. The highest BCUT2D eigenvalue weighted by molar-refractivity contribution is 5.95. The van der Waals surface area contributed by atoms with E-state index in [9.17, 15) is 4.79 Å². The summed E-state index contributed by atoms with van der Waals surface area (Å²) in [6.07, 6.45) is 3.62. The first kappa shape index (κ1) is 11.2. The molecule has 2 rings (SSSR count). The normalized spacial score (nSPS) is 17.4. The molecule has 1 aliphatic heterocycles. The lowest BCUT2D eigenvalue weighted by molar-refractivity contribution is 0.0701. The molecular formula is C12H18N2O2. The Kier molecular flexibility index (Phi) is 3.29. The Morgan fingerprint density at radius 2 is 2.19 bits per heavy atom.